The lowest BCUT2D eigenvalue weighted by Gasteiger charge is -2.18. The van der Waals surface area contributed by atoms with Gasteiger partial charge in [0.15, 0.2) is 11.5 Å². The lowest BCUT2D eigenvalue weighted by Crippen LogP contribution is -2.38. The van der Waals surface area contributed by atoms with Crippen molar-refractivity contribution in [2.75, 3.05) is 6.79 Å². The van der Waals surface area contributed by atoms with Crippen LogP contribution in [0.3, 0.4) is 0 Å². The number of carbonyl (C=O) groups is 1. The second-order valence-corrected chi connectivity index (χ2v) is 6.04. The average Bonchev–Trinajstić information content (AvgIpc) is 3.11. The molecule has 0 saturated heterocycles. The molecular formula is C18H22N2O4. The molecule has 2 unspecified atom stereocenters. The van der Waals surface area contributed by atoms with E-state index < -0.39 is 0 Å². The number of amides is 2. The highest BCUT2D eigenvalue weighted by atomic mass is 16.7. The molecule has 0 spiro atoms. The molecule has 3 rings (SSSR count). The molecule has 128 valence electrons. The Morgan fingerprint density at radius 3 is 2.46 bits per heavy atom. The maximum Gasteiger partial charge on any atom is 0.315 e. The van der Waals surface area contributed by atoms with Crippen molar-refractivity contribution in [2.24, 2.45) is 0 Å². The van der Waals surface area contributed by atoms with Crippen molar-refractivity contribution < 1.29 is 18.7 Å². The highest BCUT2D eigenvalue weighted by Crippen LogP contribution is 2.34. The van der Waals surface area contributed by atoms with Crippen LogP contribution in [0.5, 0.6) is 11.5 Å². The van der Waals surface area contributed by atoms with E-state index in [-0.39, 0.29) is 24.9 Å². The number of furan rings is 1. The Morgan fingerprint density at radius 2 is 1.75 bits per heavy atom. The first-order valence-electron chi connectivity index (χ1n) is 7.97. The summed E-state index contributed by atoms with van der Waals surface area (Å²) in [6.07, 6.45) is 0. The Morgan fingerprint density at radius 1 is 1.04 bits per heavy atom. The van der Waals surface area contributed by atoms with E-state index in [9.17, 15) is 4.79 Å². The first kappa shape index (κ1) is 16.2. The quantitative estimate of drug-likeness (QED) is 0.895. The Hall–Kier alpha value is -2.63. The third-order valence-corrected chi connectivity index (χ3v) is 4.14. The van der Waals surface area contributed by atoms with Crippen LogP contribution in [-0.4, -0.2) is 12.8 Å². The summed E-state index contributed by atoms with van der Waals surface area (Å²) >= 11 is 0. The van der Waals surface area contributed by atoms with Crippen LogP contribution in [-0.2, 0) is 0 Å². The summed E-state index contributed by atoms with van der Waals surface area (Å²) in [6, 6.07) is 7.09. The van der Waals surface area contributed by atoms with Gasteiger partial charge in [-0.15, -0.1) is 0 Å². The number of ether oxygens (including phenoxy) is 2. The minimum absolute atomic E-state index is 0.133. The van der Waals surface area contributed by atoms with E-state index in [1.807, 2.05) is 52.0 Å². The highest BCUT2D eigenvalue weighted by Gasteiger charge is 2.19. The average molecular weight is 330 g/mol. The molecule has 24 heavy (non-hydrogen) atoms. The second kappa shape index (κ2) is 6.47. The maximum atomic E-state index is 12.3. The molecule has 2 N–H and O–H groups in total. The Bertz CT molecular complexity index is 753. The number of aryl methyl sites for hydroxylation is 2. The number of rotatable bonds is 4. The van der Waals surface area contributed by atoms with Gasteiger partial charge in [0.1, 0.15) is 11.5 Å². The minimum Gasteiger partial charge on any atom is -0.466 e. The highest BCUT2D eigenvalue weighted by molar-refractivity contribution is 5.75. The van der Waals surface area contributed by atoms with Gasteiger partial charge in [0, 0.05) is 5.56 Å². The molecule has 2 atom stereocenters. The molecule has 0 bridgehead atoms. The van der Waals surface area contributed by atoms with Gasteiger partial charge in [0.2, 0.25) is 6.79 Å². The maximum absolute atomic E-state index is 12.3. The van der Waals surface area contributed by atoms with Gasteiger partial charge in [-0.25, -0.2) is 4.79 Å². The molecule has 2 amide bonds. The van der Waals surface area contributed by atoms with Gasteiger partial charge in [-0.1, -0.05) is 6.07 Å². The zero-order valence-electron chi connectivity index (χ0n) is 14.3. The van der Waals surface area contributed by atoms with E-state index >= 15 is 0 Å². The number of hydrogen-bond acceptors (Lipinski definition) is 4. The fourth-order valence-corrected chi connectivity index (χ4v) is 2.86. The Labute approximate surface area is 141 Å². The Kier molecular flexibility index (Phi) is 4.38. The summed E-state index contributed by atoms with van der Waals surface area (Å²) in [5.74, 6) is 3.10. The van der Waals surface area contributed by atoms with E-state index in [0.29, 0.717) is 5.75 Å². The third kappa shape index (κ3) is 3.32. The van der Waals surface area contributed by atoms with Crippen molar-refractivity contribution in [3.8, 4) is 11.5 Å². The number of carbonyl (C=O) groups excluding carboxylic acids is 1. The van der Waals surface area contributed by atoms with Crippen LogP contribution in [0.1, 0.15) is 48.6 Å². The number of nitrogens with one attached hydrogen (secondary N) is 2. The van der Waals surface area contributed by atoms with Crippen LogP contribution in [0.15, 0.2) is 28.7 Å². The predicted molar refractivity (Wildman–Crippen MR) is 89.2 cm³/mol. The monoisotopic (exact) mass is 330 g/mol. The molecule has 2 heterocycles. The van der Waals surface area contributed by atoms with Gasteiger partial charge in [-0.05, 0) is 51.5 Å². The molecule has 1 aromatic heterocycles. The van der Waals surface area contributed by atoms with Crippen LogP contribution < -0.4 is 20.1 Å². The van der Waals surface area contributed by atoms with Crippen molar-refractivity contribution >= 4 is 6.03 Å². The van der Waals surface area contributed by atoms with Gasteiger partial charge in [-0.3, -0.25) is 0 Å². The molecule has 6 nitrogen and oxygen atoms in total. The predicted octanol–water partition coefficient (Wildman–Crippen LogP) is 3.75. The lowest BCUT2D eigenvalue weighted by atomic mass is 10.1. The standard InChI is InChI=1S/C18H22N2O4/c1-10-7-15(13(4)24-10)12(3)20-18(21)19-11(2)14-5-6-16-17(8-14)23-9-22-16/h5-8,11-12H,9H2,1-4H3,(H2,19,20,21). The molecule has 1 aliphatic heterocycles. The van der Waals surface area contributed by atoms with Crippen LogP contribution in [0.25, 0.3) is 0 Å². The molecular weight excluding hydrogens is 308 g/mol. The van der Waals surface area contributed by atoms with Crippen molar-refractivity contribution in [1.82, 2.24) is 10.6 Å². The second-order valence-electron chi connectivity index (χ2n) is 6.04. The lowest BCUT2D eigenvalue weighted by molar-refractivity contribution is 0.174. The topological polar surface area (TPSA) is 72.7 Å². The summed E-state index contributed by atoms with van der Waals surface area (Å²) in [5, 5.41) is 5.87. The van der Waals surface area contributed by atoms with Crippen LogP contribution in [0.4, 0.5) is 4.79 Å². The van der Waals surface area contributed by atoms with Crippen molar-refractivity contribution in [2.45, 2.75) is 39.8 Å². The minimum atomic E-state index is -0.231. The zero-order chi connectivity index (χ0) is 17.3. The largest absolute Gasteiger partial charge is 0.466 e. The SMILES string of the molecule is Cc1cc(C(C)NC(=O)NC(C)c2ccc3c(c2)OCO3)c(C)o1. The van der Waals surface area contributed by atoms with E-state index in [1.54, 1.807) is 0 Å². The van der Waals surface area contributed by atoms with Gasteiger partial charge in [0.25, 0.3) is 0 Å². The first-order valence-corrected chi connectivity index (χ1v) is 7.97. The molecule has 0 aliphatic carbocycles. The first-order chi connectivity index (χ1) is 11.4. The fraction of sp³-hybridized carbons (Fsp3) is 0.389. The number of hydrogen-bond donors (Lipinski definition) is 2. The molecule has 0 saturated carbocycles. The van der Waals surface area contributed by atoms with Crippen LogP contribution in [0.2, 0.25) is 0 Å². The van der Waals surface area contributed by atoms with Crippen molar-refractivity contribution in [3.05, 3.63) is 46.9 Å². The number of urea groups is 1. The molecule has 1 aliphatic rings. The van der Waals surface area contributed by atoms with Crippen LogP contribution >= 0.6 is 0 Å². The summed E-state index contributed by atoms with van der Waals surface area (Å²) in [6.45, 7) is 7.89. The molecule has 0 radical (unpaired) electrons. The third-order valence-electron chi connectivity index (χ3n) is 4.14. The van der Waals surface area contributed by atoms with Gasteiger partial charge >= 0.3 is 6.03 Å². The summed E-state index contributed by atoms with van der Waals surface area (Å²) in [7, 11) is 0. The van der Waals surface area contributed by atoms with Gasteiger partial charge in [-0.2, -0.15) is 0 Å². The Balaban J connectivity index is 1.61. The fourth-order valence-electron chi connectivity index (χ4n) is 2.86. The van der Waals surface area contributed by atoms with Crippen molar-refractivity contribution in [3.63, 3.8) is 0 Å². The van der Waals surface area contributed by atoms with E-state index in [1.165, 1.54) is 0 Å². The van der Waals surface area contributed by atoms with E-state index in [0.717, 1.165) is 28.4 Å². The summed E-state index contributed by atoms with van der Waals surface area (Å²) < 4.78 is 16.2. The molecule has 2 aromatic rings. The number of fused-ring (bicyclic) bond motifs is 1. The van der Waals surface area contributed by atoms with E-state index in [4.69, 9.17) is 13.9 Å². The summed E-state index contributed by atoms with van der Waals surface area (Å²) in [5.41, 5.74) is 1.94. The normalized spacial score (nSPS) is 15.0. The smallest absolute Gasteiger partial charge is 0.315 e. The van der Waals surface area contributed by atoms with Gasteiger partial charge in [0.05, 0.1) is 12.1 Å². The van der Waals surface area contributed by atoms with Gasteiger partial charge < -0.3 is 24.5 Å². The van der Waals surface area contributed by atoms with Crippen molar-refractivity contribution in [1.29, 1.82) is 0 Å². The molecule has 0 fully saturated rings. The zero-order valence-corrected chi connectivity index (χ0v) is 14.3. The summed E-state index contributed by atoms with van der Waals surface area (Å²) in [4.78, 5) is 12.3. The molecule has 1 aromatic carbocycles. The van der Waals surface area contributed by atoms with E-state index in [2.05, 4.69) is 10.6 Å². The number of benzene rings is 1. The van der Waals surface area contributed by atoms with Crippen LogP contribution in [0, 0.1) is 13.8 Å². The molecule has 6 heteroatoms.